The number of thiophene rings is 1. The number of carbonyl (C=O) groups excluding carboxylic acids is 1. The van der Waals surface area contributed by atoms with E-state index in [-0.39, 0.29) is 11.7 Å². The highest BCUT2D eigenvalue weighted by Gasteiger charge is 2.22. The van der Waals surface area contributed by atoms with Crippen molar-refractivity contribution in [1.82, 2.24) is 14.8 Å². The van der Waals surface area contributed by atoms with E-state index in [1.165, 1.54) is 11.8 Å². The van der Waals surface area contributed by atoms with Crippen molar-refractivity contribution >= 4 is 34.7 Å². The molecule has 8 heteroatoms. The fourth-order valence-electron chi connectivity index (χ4n) is 3.25. The second-order valence-electron chi connectivity index (χ2n) is 6.71. The van der Waals surface area contributed by atoms with Crippen molar-refractivity contribution in [1.29, 1.82) is 0 Å². The summed E-state index contributed by atoms with van der Waals surface area (Å²) < 4.78 is 7.53. The van der Waals surface area contributed by atoms with E-state index < -0.39 is 0 Å². The van der Waals surface area contributed by atoms with Crippen LogP contribution in [0.4, 0.5) is 5.69 Å². The number of methoxy groups -OCH3 is 1. The number of aromatic nitrogens is 3. The maximum Gasteiger partial charge on any atom is 0.237 e. The Labute approximate surface area is 195 Å². The van der Waals surface area contributed by atoms with Crippen LogP contribution < -0.4 is 9.64 Å². The molecular weight excluding hydrogens is 440 g/mol. The normalized spacial score (nSPS) is 10.7. The number of rotatable bonds is 9. The summed E-state index contributed by atoms with van der Waals surface area (Å²) in [6.07, 6.45) is 1.72. The average Bonchev–Trinajstić information content (AvgIpc) is 3.51. The van der Waals surface area contributed by atoms with Crippen molar-refractivity contribution in [2.75, 3.05) is 24.3 Å². The number of benzene rings is 2. The Morgan fingerprint density at radius 2 is 1.91 bits per heavy atom. The van der Waals surface area contributed by atoms with Gasteiger partial charge in [-0.1, -0.05) is 54.2 Å². The number of thioether (sulfide) groups is 1. The third kappa shape index (κ3) is 4.61. The summed E-state index contributed by atoms with van der Waals surface area (Å²) in [5.74, 6) is 1.59. The van der Waals surface area contributed by atoms with Gasteiger partial charge in [0.05, 0.1) is 23.4 Å². The van der Waals surface area contributed by atoms with E-state index in [0.29, 0.717) is 23.3 Å². The first-order valence-electron chi connectivity index (χ1n) is 9.94. The van der Waals surface area contributed by atoms with E-state index in [9.17, 15) is 4.79 Å². The van der Waals surface area contributed by atoms with Gasteiger partial charge in [-0.2, -0.15) is 0 Å². The molecule has 0 atom stereocenters. The van der Waals surface area contributed by atoms with Crippen LogP contribution in [0.5, 0.6) is 5.75 Å². The van der Waals surface area contributed by atoms with Gasteiger partial charge in [-0.25, -0.2) is 0 Å². The Bertz CT molecular complexity index is 1190. The van der Waals surface area contributed by atoms with E-state index in [1.54, 1.807) is 29.4 Å². The number of hydrogen-bond donors (Lipinski definition) is 0. The SMILES string of the molecule is C=CCN(C(=O)CSc1nnc(-c2cccs2)n1-c1ccccc1OC)c1ccccc1. The summed E-state index contributed by atoms with van der Waals surface area (Å²) in [6, 6.07) is 21.3. The zero-order chi connectivity index (χ0) is 22.3. The molecule has 0 fully saturated rings. The van der Waals surface area contributed by atoms with E-state index in [4.69, 9.17) is 4.74 Å². The monoisotopic (exact) mass is 462 g/mol. The number of hydrogen-bond acceptors (Lipinski definition) is 6. The lowest BCUT2D eigenvalue weighted by Crippen LogP contribution is -2.32. The predicted molar refractivity (Wildman–Crippen MR) is 131 cm³/mol. The van der Waals surface area contributed by atoms with Crippen molar-refractivity contribution in [2.24, 2.45) is 0 Å². The Hall–Kier alpha value is -3.36. The highest BCUT2D eigenvalue weighted by atomic mass is 32.2. The van der Waals surface area contributed by atoms with Gasteiger partial charge in [0.2, 0.25) is 5.91 Å². The molecule has 32 heavy (non-hydrogen) atoms. The molecule has 0 unspecified atom stereocenters. The summed E-state index contributed by atoms with van der Waals surface area (Å²) in [5.41, 5.74) is 1.66. The number of nitrogens with zero attached hydrogens (tertiary/aromatic N) is 4. The highest BCUT2D eigenvalue weighted by Crippen LogP contribution is 2.34. The van der Waals surface area contributed by atoms with E-state index in [2.05, 4.69) is 16.8 Å². The minimum atomic E-state index is -0.0339. The topological polar surface area (TPSA) is 60.2 Å². The van der Waals surface area contributed by atoms with Crippen LogP contribution in [0.2, 0.25) is 0 Å². The lowest BCUT2D eigenvalue weighted by Gasteiger charge is -2.21. The Morgan fingerprint density at radius 3 is 2.62 bits per heavy atom. The molecule has 0 saturated carbocycles. The first kappa shape index (κ1) is 21.9. The minimum Gasteiger partial charge on any atom is -0.495 e. The van der Waals surface area contributed by atoms with Crippen LogP contribution in [-0.2, 0) is 4.79 Å². The molecule has 2 aromatic heterocycles. The zero-order valence-corrected chi connectivity index (χ0v) is 19.2. The number of anilines is 1. The number of ether oxygens (including phenoxy) is 1. The van der Waals surface area contributed by atoms with Crippen molar-refractivity contribution < 1.29 is 9.53 Å². The molecule has 0 aliphatic carbocycles. The van der Waals surface area contributed by atoms with Crippen molar-refractivity contribution in [3.63, 3.8) is 0 Å². The molecule has 0 aliphatic rings. The van der Waals surface area contributed by atoms with Crippen LogP contribution in [0.3, 0.4) is 0 Å². The van der Waals surface area contributed by atoms with Crippen LogP contribution in [0.1, 0.15) is 0 Å². The quantitative estimate of drug-likeness (QED) is 0.249. The van der Waals surface area contributed by atoms with Crippen LogP contribution in [0.15, 0.2) is 89.9 Å². The summed E-state index contributed by atoms with van der Waals surface area (Å²) in [4.78, 5) is 15.8. The number of carbonyl (C=O) groups is 1. The van der Waals surface area contributed by atoms with Gasteiger partial charge in [0.15, 0.2) is 11.0 Å². The molecule has 1 amide bonds. The third-order valence-electron chi connectivity index (χ3n) is 4.71. The molecule has 162 valence electrons. The molecule has 0 saturated heterocycles. The van der Waals surface area contributed by atoms with E-state index in [0.717, 1.165) is 16.3 Å². The molecule has 0 radical (unpaired) electrons. The van der Waals surface area contributed by atoms with Crippen LogP contribution in [0.25, 0.3) is 16.4 Å². The molecule has 6 nitrogen and oxygen atoms in total. The Kier molecular flexibility index (Phi) is 7.03. The lowest BCUT2D eigenvalue weighted by atomic mass is 10.3. The van der Waals surface area contributed by atoms with Gasteiger partial charge in [-0.3, -0.25) is 9.36 Å². The summed E-state index contributed by atoms with van der Waals surface area (Å²) in [6.45, 7) is 4.23. The molecule has 0 aliphatic heterocycles. The van der Waals surface area contributed by atoms with E-state index in [1.807, 2.05) is 76.7 Å². The van der Waals surface area contributed by atoms with Gasteiger partial charge >= 0.3 is 0 Å². The van der Waals surface area contributed by atoms with Gasteiger partial charge in [0, 0.05) is 12.2 Å². The van der Waals surface area contributed by atoms with Gasteiger partial charge in [0.1, 0.15) is 5.75 Å². The largest absolute Gasteiger partial charge is 0.495 e. The molecular formula is C24H22N4O2S2. The lowest BCUT2D eigenvalue weighted by molar-refractivity contribution is -0.116. The standard InChI is InChI=1S/C24H22N4O2S2/c1-3-15-27(18-10-5-4-6-11-18)22(29)17-32-24-26-25-23(21-14-9-16-31-21)28(24)19-12-7-8-13-20(19)30-2/h3-14,16H,1,15,17H2,2H3. The van der Waals surface area contributed by atoms with Gasteiger partial charge in [0.25, 0.3) is 0 Å². The van der Waals surface area contributed by atoms with Gasteiger partial charge < -0.3 is 9.64 Å². The Balaban J connectivity index is 1.65. The van der Waals surface area contributed by atoms with Crippen molar-refractivity contribution in [3.8, 4) is 22.1 Å². The average molecular weight is 463 g/mol. The second-order valence-corrected chi connectivity index (χ2v) is 8.60. The molecule has 0 spiro atoms. The van der Waals surface area contributed by atoms with Crippen LogP contribution >= 0.6 is 23.1 Å². The summed E-state index contributed by atoms with van der Waals surface area (Å²) >= 11 is 2.93. The number of amides is 1. The highest BCUT2D eigenvalue weighted by molar-refractivity contribution is 7.99. The van der Waals surface area contributed by atoms with Crippen LogP contribution in [0, 0.1) is 0 Å². The maximum atomic E-state index is 13.1. The predicted octanol–water partition coefficient (Wildman–Crippen LogP) is 5.32. The third-order valence-corrected chi connectivity index (χ3v) is 6.49. The first-order valence-corrected chi connectivity index (χ1v) is 11.8. The van der Waals surface area contributed by atoms with Crippen LogP contribution in [-0.4, -0.2) is 40.1 Å². The maximum absolute atomic E-state index is 13.1. The molecule has 0 bridgehead atoms. The zero-order valence-electron chi connectivity index (χ0n) is 17.5. The summed E-state index contributed by atoms with van der Waals surface area (Å²) in [5, 5.41) is 11.5. The van der Waals surface area contributed by atoms with Gasteiger partial charge in [-0.05, 0) is 35.7 Å². The minimum absolute atomic E-state index is 0.0339. The van der Waals surface area contributed by atoms with Crippen molar-refractivity contribution in [2.45, 2.75) is 5.16 Å². The fraction of sp³-hybridized carbons (Fsp3) is 0.125. The van der Waals surface area contributed by atoms with Crippen molar-refractivity contribution in [3.05, 3.63) is 84.8 Å². The fourth-order valence-corrected chi connectivity index (χ4v) is 4.77. The molecule has 4 rings (SSSR count). The smallest absolute Gasteiger partial charge is 0.237 e. The molecule has 0 N–H and O–H groups in total. The van der Waals surface area contributed by atoms with E-state index >= 15 is 0 Å². The molecule has 4 aromatic rings. The molecule has 2 heterocycles. The first-order chi connectivity index (χ1) is 15.7. The van der Waals surface area contributed by atoms with Gasteiger partial charge in [-0.15, -0.1) is 28.1 Å². The Morgan fingerprint density at radius 1 is 1.12 bits per heavy atom. The molecule has 2 aromatic carbocycles. The second kappa shape index (κ2) is 10.3. The number of para-hydroxylation sites is 3. The summed E-state index contributed by atoms with van der Waals surface area (Å²) in [7, 11) is 1.64.